The number of carbonyl (C=O) groups is 2. The second kappa shape index (κ2) is 8.31. The fraction of sp³-hybridized carbons (Fsp3) is 0.130. The molecule has 0 bridgehead atoms. The van der Waals surface area contributed by atoms with Gasteiger partial charge in [-0.2, -0.15) is 0 Å². The van der Waals surface area contributed by atoms with Crippen molar-refractivity contribution >= 4 is 35.2 Å². The zero-order valence-electron chi connectivity index (χ0n) is 15.4. The van der Waals surface area contributed by atoms with E-state index in [4.69, 9.17) is 11.6 Å². The van der Waals surface area contributed by atoms with Gasteiger partial charge in [-0.1, -0.05) is 66.2 Å². The van der Waals surface area contributed by atoms with E-state index in [0.29, 0.717) is 22.2 Å². The van der Waals surface area contributed by atoms with Gasteiger partial charge >= 0.3 is 5.97 Å². The molecule has 3 aromatic carbocycles. The Labute approximate surface area is 178 Å². The first kappa shape index (κ1) is 19.6. The number of hydrogen-bond donors (Lipinski definition) is 1. The Bertz CT molecular complexity index is 1050. The number of aliphatic carboxylic acids is 1. The second-order valence-corrected chi connectivity index (χ2v) is 8.17. The van der Waals surface area contributed by atoms with Gasteiger partial charge in [0.05, 0.1) is 5.88 Å². The Morgan fingerprint density at radius 2 is 1.59 bits per heavy atom. The molecule has 0 unspecified atom stereocenters. The second-order valence-electron chi connectivity index (χ2n) is 6.77. The van der Waals surface area contributed by atoms with Crippen molar-refractivity contribution in [2.45, 2.75) is 6.04 Å². The maximum Gasteiger partial charge on any atom is 0.327 e. The smallest absolute Gasteiger partial charge is 0.327 e. The van der Waals surface area contributed by atoms with Crippen LogP contribution in [0.2, 0.25) is 5.02 Å². The first-order valence-electron chi connectivity index (χ1n) is 9.11. The molecule has 0 saturated carbocycles. The van der Waals surface area contributed by atoms with E-state index >= 15 is 0 Å². The van der Waals surface area contributed by atoms with Crippen LogP contribution in [-0.4, -0.2) is 39.6 Å². The summed E-state index contributed by atoms with van der Waals surface area (Å²) in [7, 11) is 0. The molecule has 0 radical (unpaired) electrons. The normalized spacial score (nSPS) is 16.0. The van der Waals surface area contributed by atoms with Crippen LogP contribution in [0.5, 0.6) is 0 Å². The lowest BCUT2D eigenvalue weighted by Crippen LogP contribution is -2.41. The molecule has 4 rings (SSSR count). The fourth-order valence-corrected chi connectivity index (χ4v) is 4.74. The molecule has 1 aliphatic heterocycles. The van der Waals surface area contributed by atoms with E-state index < -0.39 is 12.0 Å². The molecule has 1 heterocycles. The van der Waals surface area contributed by atoms with Gasteiger partial charge in [0.25, 0.3) is 5.91 Å². The Kier molecular flexibility index (Phi) is 5.60. The highest BCUT2D eigenvalue weighted by Gasteiger charge is 2.35. The first-order chi connectivity index (χ1) is 14.0. The summed E-state index contributed by atoms with van der Waals surface area (Å²) in [5.41, 5.74) is 4.30. The van der Waals surface area contributed by atoms with Crippen LogP contribution in [-0.2, 0) is 4.79 Å². The number of carboxylic acids is 1. The molecule has 1 amide bonds. The standard InChI is InChI=1S/C23H18ClNO3S/c24-20-11-10-18(22(26)25-14-29-13-21(25)23(27)28)12-19(20)17-8-6-16(7-9-17)15-4-2-1-3-5-15/h1-12,21H,13-14H2,(H,27,28)/t21-/m1/s1. The molecular weight excluding hydrogens is 406 g/mol. The van der Waals surface area contributed by atoms with E-state index in [1.807, 2.05) is 54.6 Å². The maximum absolute atomic E-state index is 12.9. The summed E-state index contributed by atoms with van der Waals surface area (Å²) in [6.07, 6.45) is 0. The van der Waals surface area contributed by atoms with Gasteiger partial charge in [0.1, 0.15) is 6.04 Å². The summed E-state index contributed by atoms with van der Waals surface area (Å²) in [5.74, 6) is -0.489. The minimum atomic E-state index is -0.978. The summed E-state index contributed by atoms with van der Waals surface area (Å²) < 4.78 is 0. The number of nitrogens with zero attached hydrogens (tertiary/aromatic N) is 1. The van der Waals surface area contributed by atoms with Crippen molar-refractivity contribution in [1.29, 1.82) is 0 Å². The molecule has 1 N–H and O–H groups in total. The molecule has 146 valence electrons. The zero-order chi connectivity index (χ0) is 20.4. The van der Waals surface area contributed by atoms with Crippen LogP contribution in [0.15, 0.2) is 72.8 Å². The molecule has 4 nitrogen and oxygen atoms in total. The third-order valence-electron chi connectivity index (χ3n) is 4.94. The van der Waals surface area contributed by atoms with Gasteiger partial charge in [0.15, 0.2) is 0 Å². The lowest BCUT2D eigenvalue weighted by atomic mass is 9.98. The molecule has 6 heteroatoms. The van der Waals surface area contributed by atoms with E-state index in [1.54, 1.807) is 18.2 Å². The minimum absolute atomic E-state index is 0.291. The summed E-state index contributed by atoms with van der Waals surface area (Å²) in [4.78, 5) is 25.7. The molecule has 0 aromatic heterocycles. The van der Waals surface area contributed by atoms with Gasteiger partial charge in [-0.25, -0.2) is 4.79 Å². The number of halogens is 1. The quantitative estimate of drug-likeness (QED) is 0.620. The molecular formula is C23H18ClNO3S. The number of thioether (sulfide) groups is 1. The number of hydrogen-bond acceptors (Lipinski definition) is 3. The molecule has 3 aromatic rings. The van der Waals surface area contributed by atoms with Gasteiger partial charge < -0.3 is 10.0 Å². The lowest BCUT2D eigenvalue weighted by Gasteiger charge is -2.21. The number of rotatable bonds is 4. The van der Waals surface area contributed by atoms with Crippen molar-refractivity contribution in [2.75, 3.05) is 11.6 Å². The van der Waals surface area contributed by atoms with Crippen LogP contribution in [0.3, 0.4) is 0 Å². The molecule has 0 spiro atoms. The average Bonchev–Trinajstić information content (AvgIpc) is 3.25. The Hall–Kier alpha value is -2.76. The highest BCUT2D eigenvalue weighted by atomic mass is 35.5. The van der Waals surface area contributed by atoms with E-state index in [9.17, 15) is 14.7 Å². The van der Waals surface area contributed by atoms with Crippen molar-refractivity contribution in [3.8, 4) is 22.3 Å². The predicted octanol–water partition coefficient (Wildman–Crippen LogP) is 5.27. The van der Waals surface area contributed by atoms with Crippen LogP contribution >= 0.6 is 23.4 Å². The fourth-order valence-electron chi connectivity index (χ4n) is 3.37. The van der Waals surface area contributed by atoms with Crippen LogP contribution in [0.4, 0.5) is 0 Å². The maximum atomic E-state index is 12.9. The molecule has 29 heavy (non-hydrogen) atoms. The molecule has 1 saturated heterocycles. The summed E-state index contributed by atoms with van der Waals surface area (Å²) in [6, 6.07) is 22.3. The highest BCUT2D eigenvalue weighted by molar-refractivity contribution is 7.99. The molecule has 0 aliphatic carbocycles. The topological polar surface area (TPSA) is 57.6 Å². The monoisotopic (exact) mass is 423 g/mol. The van der Waals surface area contributed by atoms with E-state index in [1.165, 1.54) is 16.7 Å². The van der Waals surface area contributed by atoms with E-state index in [2.05, 4.69) is 0 Å². The van der Waals surface area contributed by atoms with Crippen molar-refractivity contribution in [3.63, 3.8) is 0 Å². The zero-order valence-corrected chi connectivity index (χ0v) is 17.0. The first-order valence-corrected chi connectivity index (χ1v) is 10.6. The molecule has 1 aliphatic rings. The van der Waals surface area contributed by atoms with Gasteiger partial charge in [0.2, 0.25) is 0 Å². The average molecular weight is 424 g/mol. The van der Waals surface area contributed by atoms with Gasteiger partial charge in [-0.05, 0) is 34.9 Å². The van der Waals surface area contributed by atoms with Gasteiger partial charge in [-0.15, -0.1) is 11.8 Å². The van der Waals surface area contributed by atoms with Crippen molar-refractivity contribution < 1.29 is 14.7 Å². The van der Waals surface area contributed by atoms with E-state index in [-0.39, 0.29) is 5.91 Å². The Morgan fingerprint density at radius 3 is 2.28 bits per heavy atom. The summed E-state index contributed by atoms with van der Waals surface area (Å²) >= 11 is 7.85. The SMILES string of the molecule is O=C(O)[C@H]1CSCN1C(=O)c1ccc(Cl)c(-c2ccc(-c3ccccc3)cc2)c1. The van der Waals surface area contributed by atoms with Crippen LogP contribution in [0, 0.1) is 0 Å². The van der Waals surface area contributed by atoms with Crippen molar-refractivity contribution in [1.82, 2.24) is 4.90 Å². The van der Waals surface area contributed by atoms with Gasteiger partial charge in [0, 0.05) is 21.9 Å². The third-order valence-corrected chi connectivity index (χ3v) is 6.29. The minimum Gasteiger partial charge on any atom is -0.480 e. The van der Waals surface area contributed by atoms with Crippen LogP contribution in [0.25, 0.3) is 22.3 Å². The Balaban J connectivity index is 1.64. The number of amides is 1. The van der Waals surface area contributed by atoms with Crippen molar-refractivity contribution in [2.24, 2.45) is 0 Å². The number of carbonyl (C=O) groups excluding carboxylic acids is 1. The number of carboxylic acid groups (broad SMARTS) is 1. The molecule has 1 atom stereocenters. The summed E-state index contributed by atoms with van der Waals surface area (Å²) in [5, 5.41) is 9.89. The van der Waals surface area contributed by atoms with Gasteiger partial charge in [-0.3, -0.25) is 4.79 Å². The highest BCUT2D eigenvalue weighted by Crippen LogP contribution is 2.32. The largest absolute Gasteiger partial charge is 0.480 e. The Morgan fingerprint density at radius 1 is 0.931 bits per heavy atom. The van der Waals surface area contributed by atoms with Crippen LogP contribution in [0.1, 0.15) is 10.4 Å². The van der Waals surface area contributed by atoms with Crippen molar-refractivity contribution in [3.05, 3.63) is 83.4 Å². The summed E-state index contributed by atoms with van der Waals surface area (Å²) in [6.45, 7) is 0. The van der Waals surface area contributed by atoms with E-state index in [0.717, 1.165) is 22.3 Å². The third kappa shape index (κ3) is 4.02. The lowest BCUT2D eigenvalue weighted by molar-refractivity contribution is -0.140. The predicted molar refractivity (Wildman–Crippen MR) is 117 cm³/mol. The number of benzene rings is 3. The van der Waals surface area contributed by atoms with Crippen LogP contribution < -0.4 is 0 Å². The molecule has 1 fully saturated rings.